The predicted octanol–water partition coefficient (Wildman–Crippen LogP) is 4.09. The SMILES string of the molecule is I.c1ccc(CN=C(NCCc2ccco2)N2CCC3OCCCC3C2)cc1. The van der Waals surface area contributed by atoms with Crippen molar-refractivity contribution in [2.24, 2.45) is 10.9 Å². The molecule has 0 aliphatic carbocycles. The Bertz CT molecular complexity index is 721. The number of likely N-dealkylation sites (tertiary alicyclic amines) is 1. The Balaban J connectivity index is 0.00000225. The van der Waals surface area contributed by atoms with Gasteiger partial charge in [-0.3, -0.25) is 0 Å². The second kappa shape index (κ2) is 10.9. The predicted molar refractivity (Wildman–Crippen MR) is 122 cm³/mol. The highest BCUT2D eigenvalue weighted by Gasteiger charge is 2.33. The van der Waals surface area contributed by atoms with Crippen LogP contribution in [0.1, 0.15) is 30.6 Å². The van der Waals surface area contributed by atoms with Crippen LogP contribution < -0.4 is 5.32 Å². The minimum atomic E-state index is 0. The molecule has 5 nitrogen and oxygen atoms in total. The summed E-state index contributed by atoms with van der Waals surface area (Å²) in [7, 11) is 0. The standard InChI is InChI=1S/C22H29N3O2.HI/c1-2-6-18(7-3-1)16-24-22(23-12-10-20-9-5-14-26-20)25-13-11-21-19(17-25)8-4-15-27-21;/h1-3,5-7,9,14,19,21H,4,8,10-13,15-17H2,(H,23,24);1H. The summed E-state index contributed by atoms with van der Waals surface area (Å²) in [6, 6.07) is 14.4. The molecule has 2 aliphatic heterocycles. The first-order valence-corrected chi connectivity index (χ1v) is 10.1. The highest BCUT2D eigenvalue weighted by molar-refractivity contribution is 14.0. The largest absolute Gasteiger partial charge is 0.469 e. The van der Waals surface area contributed by atoms with E-state index in [1.807, 2.05) is 18.2 Å². The molecule has 2 fully saturated rings. The number of aliphatic imine (C=N–C) groups is 1. The highest BCUT2D eigenvalue weighted by atomic mass is 127. The molecular weight excluding hydrogens is 465 g/mol. The number of nitrogens with one attached hydrogen (secondary N) is 1. The Morgan fingerprint density at radius 1 is 1.14 bits per heavy atom. The normalized spacial score (nSPS) is 22.3. The molecule has 3 heterocycles. The third kappa shape index (κ3) is 5.73. The maximum Gasteiger partial charge on any atom is 0.194 e. The average molecular weight is 495 g/mol. The number of furan rings is 1. The van der Waals surface area contributed by atoms with E-state index in [1.54, 1.807) is 6.26 Å². The lowest BCUT2D eigenvalue weighted by atomic mass is 9.88. The molecule has 2 aromatic rings. The molecule has 1 aromatic heterocycles. The van der Waals surface area contributed by atoms with Crippen LogP contribution in [0.5, 0.6) is 0 Å². The fourth-order valence-corrected chi connectivity index (χ4v) is 4.05. The van der Waals surface area contributed by atoms with Crippen molar-refractivity contribution in [1.82, 2.24) is 10.2 Å². The summed E-state index contributed by atoms with van der Waals surface area (Å²) in [6.07, 6.45) is 6.56. The zero-order chi connectivity index (χ0) is 18.3. The van der Waals surface area contributed by atoms with E-state index in [9.17, 15) is 0 Å². The van der Waals surface area contributed by atoms with E-state index in [-0.39, 0.29) is 24.0 Å². The van der Waals surface area contributed by atoms with E-state index in [0.717, 1.165) is 50.8 Å². The molecule has 28 heavy (non-hydrogen) atoms. The summed E-state index contributed by atoms with van der Waals surface area (Å²) in [5.41, 5.74) is 1.23. The fourth-order valence-electron chi connectivity index (χ4n) is 4.05. The quantitative estimate of drug-likeness (QED) is 0.386. The van der Waals surface area contributed by atoms with E-state index in [1.165, 1.54) is 18.4 Å². The number of hydrogen-bond acceptors (Lipinski definition) is 3. The van der Waals surface area contributed by atoms with Crippen molar-refractivity contribution >= 4 is 29.9 Å². The van der Waals surface area contributed by atoms with Crippen molar-refractivity contribution in [3.63, 3.8) is 0 Å². The third-order valence-corrected chi connectivity index (χ3v) is 5.50. The van der Waals surface area contributed by atoms with Gasteiger partial charge in [0.15, 0.2) is 5.96 Å². The molecule has 4 rings (SSSR count). The van der Waals surface area contributed by atoms with E-state index >= 15 is 0 Å². The number of rotatable bonds is 5. The van der Waals surface area contributed by atoms with Crippen LogP contribution in [0.25, 0.3) is 0 Å². The van der Waals surface area contributed by atoms with Crippen LogP contribution >= 0.6 is 24.0 Å². The molecule has 0 saturated carbocycles. The number of guanidine groups is 1. The summed E-state index contributed by atoms with van der Waals surface area (Å²) >= 11 is 0. The number of nitrogens with zero attached hydrogens (tertiary/aromatic N) is 2. The van der Waals surface area contributed by atoms with Crippen LogP contribution in [-0.2, 0) is 17.7 Å². The second-order valence-corrected chi connectivity index (χ2v) is 7.43. The molecule has 0 bridgehead atoms. The molecule has 0 amide bonds. The van der Waals surface area contributed by atoms with Gasteiger partial charge in [0.05, 0.1) is 18.9 Å². The summed E-state index contributed by atoms with van der Waals surface area (Å²) in [4.78, 5) is 7.35. The molecule has 2 aliphatic rings. The van der Waals surface area contributed by atoms with Crippen molar-refractivity contribution in [1.29, 1.82) is 0 Å². The summed E-state index contributed by atoms with van der Waals surface area (Å²) < 4.78 is 11.4. The molecule has 6 heteroatoms. The first kappa shape index (κ1) is 21.2. The number of fused-ring (bicyclic) bond motifs is 1. The van der Waals surface area contributed by atoms with E-state index in [2.05, 4.69) is 34.5 Å². The van der Waals surface area contributed by atoms with Crippen molar-refractivity contribution < 1.29 is 9.15 Å². The Labute approximate surface area is 184 Å². The Morgan fingerprint density at radius 2 is 2.04 bits per heavy atom. The molecule has 2 saturated heterocycles. The number of hydrogen-bond donors (Lipinski definition) is 1. The highest BCUT2D eigenvalue weighted by Crippen LogP contribution is 2.28. The van der Waals surface area contributed by atoms with Gasteiger partial charge >= 0.3 is 0 Å². The van der Waals surface area contributed by atoms with Crippen LogP contribution in [0.3, 0.4) is 0 Å². The smallest absolute Gasteiger partial charge is 0.194 e. The van der Waals surface area contributed by atoms with Crippen LogP contribution in [0, 0.1) is 5.92 Å². The molecule has 2 atom stereocenters. The minimum absolute atomic E-state index is 0. The fraction of sp³-hybridized carbons (Fsp3) is 0.500. The van der Waals surface area contributed by atoms with Gasteiger partial charge in [0.25, 0.3) is 0 Å². The van der Waals surface area contributed by atoms with Crippen molar-refractivity contribution in [3.8, 4) is 0 Å². The number of piperidine rings is 1. The first-order chi connectivity index (χ1) is 13.4. The zero-order valence-electron chi connectivity index (χ0n) is 16.3. The lowest BCUT2D eigenvalue weighted by molar-refractivity contribution is -0.0559. The number of benzene rings is 1. The summed E-state index contributed by atoms with van der Waals surface area (Å²) in [6.45, 7) is 4.49. The van der Waals surface area contributed by atoms with Gasteiger partial charge in [-0.25, -0.2) is 4.99 Å². The van der Waals surface area contributed by atoms with Gasteiger partial charge in [0.1, 0.15) is 5.76 Å². The van der Waals surface area contributed by atoms with Crippen molar-refractivity contribution in [2.75, 3.05) is 26.2 Å². The van der Waals surface area contributed by atoms with Gasteiger partial charge in [-0.2, -0.15) is 0 Å². The van der Waals surface area contributed by atoms with Gasteiger partial charge in [-0.1, -0.05) is 30.3 Å². The molecule has 1 aromatic carbocycles. The van der Waals surface area contributed by atoms with E-state index < -0.39 is 0 Å². The third-order valence-electron chi connectivity index (χ3n) is 5.50. The lowest BCUT2D eigenvalue weighted by Crippen LogP contribution is -2.52. The minimum Gasteiger partial charge on any atom is -0.469 e. The molecule has 2 unspecified atom stereocenters. The number of ether oxygens (including phenoxy) is 1. The Morgan fingerprint density at radius 3 is 2.86 bits per heavy atom. The number of halogens is 1. The lowest BCUT2D eigenvalue weighted by Gasteiger charge is -2.42. The first-order valence-electron chi connectivity index (χ1n) is 10.1. The summed E-state index contributed by atoms with van der Waals surface area (Å²) in [5.74, 6) is 2.64. The maximum atomic E-state index is 5.97. The van der Waals surface area contributed by atoms with Crippen molar-refractivity contribution in [2.45, 2.75) is 38.3 Å². The molecule has 1 N–H and O–H groups in total. The molecule has 152 valence electrons. The van der Waals surface area contributed by atoms with Gasteiger partial charge in [-0.15, -0.1) is 24.0 Å². The van der Waals surface area contributed by atoms with Gasteiger partial charge in [-0.05, 0) is 37.0 Å². The molecule has 0 radical (unpaired) electrons. The monoisotopic (exact) mass is 495 g/mol. The van der Waals surface area contributed by atoms with Crippen molar-refractivity contribution in [3.05, 3.63) is 60.1 Å². The second-order valence-electron chi connectivity index (χ2n) is 7.43. The Hall–Kier alpha value is -1.54. The summed E-state index contributed by atoms with van der Waals surface area (Å²) in [5, 5.41) is 3.57. The van der Waals surface area contributed by atoms with Gasteiger partial charge in [0.2, 0.25) is 0 Å². The molecule has 0 spiro atoms. The average Bonchev–Trinajstić information content (AvgIpc) is 3.24. The van der Waals surface area contributed by atoms with Crippen LogP contribution in [0.2, 0.25) is 0 Å². The Kier molecular flexibility index (Phi) is 8.21. The van der Waals surface area contributed by atoms with E-state index in [0.29, 0.717) is 18.6 Å². The van der Waals surface area contributed by atoms with Gasteiger partial charge < -0.3 is 19.4 Å². The van der Waals surface area contributed by atoms with Crippen LogP contribution in [0.15, 0.2) is 58.1 Å². The van der Waals surface area contributed by atoms with E-state index in [4.69, 9.17) is 14.1 Å². The van der Waals surface area contributed by atoms with Gasteiger partial charge in [0, 0.05) is 38.6 Å². The topological polar surface area (TPSA) is 50.0 Å². The van der Waals surface area contributed by atoms with Crippen LogP contribution in [0.4, 0.5) is 0 Å². The molecular formula is C22H30IN3O2. The zero-order valence-corrected chi connectivity index (χ0v) is 18.6. The maximum absolute atomic E-state index is 5.97. The van der Waals surface area contributed by atoms with Crippen LogP contribution in [-0.4, -0.2) is 43.2 Å².